The minimum atomic E-state index is 0.616. The molecule has 1 saturated heterocycles. The van der Waals surface area contributed by atoms with Crippen LogP contribution in [0.5, 0.6) is 0 Å². The predicted molar refractivity (Wildman–Crippen MR) is 28.7 cm³/mol. The van der Waals surface area contributed by atoms with E-state index in [9.17, 15) is 0 Å². The van der Waals surface area contributed by atoms with Crippen LogP contribution < -0.4 is 0 Å². The molecule has 0 N–H and O–H groups in total. The number of rotatable bonds is 1. The lowest BCUT2D eigenvalue weighted by molar-refractivity contribution is 0.00408. The molecule has 7 heavy (non-hydrogen) atoms. The van der Waals surface area contributed by atoms with E-state index in [0.717, 1.165) is 13.2 Å². The summed E-state index contributed by atoms with van der Waals surface area (Å²) in [5.74, 6) is 0.616. The molecule has 1 heterocycles. The van der Waals surface area contributed by atoms with E-state index in [2.05, 4.69) is 4.99 Å². The van der Waals surface area contributed by atoms with E-state index in [1.807, 2.05) is 6.21 Å². The lowest BCUT2D eigenvalue weighted by Gasteiger charge is -2.21. The molecule has 0 bridgehead atoms. The molecule has 40 valence electrons. The van der Waals surface area contributed by atoms with Gasteiger partial charge in [0, 0.05) is 19.2 Å². The third-order valence-corrected chi connectivity index (χ3v) is 1.02. The van der Waals surface area contributed by atoms with Gasteiger partial charge in [-0.3, -0.25) is 0 Å². The zero-order valence-corrected chi connectivity index (χ0v) is 4.42. The first-order chi connectivity index (χ1) is 3.43. The van der Waals surface area contributed by atoms with Crippen molar-refractivity contribution in [3.8, 4) is 0 Å². The standard InChI is InChI=1S/C5H9NO/c1-6-2-5-3-7-4-5/h2,5H,3-4H2,1H3/b6-2+. The van der Waals surface area contributed by atoms with Crippen LogP contribution >= 0.6 is 0 Å². The fraction of sp³-hybridized carbons (Fsp3) is 0.800. The Morgan fingerprint density at radius 2 is 2.43 bits per heavy atom. The summed E-state index contributed by atoms with van der Waals surface area (Å²) in [6.45, 7) is 1.74. The topological polar surface area (TPSA) is 21.6 Å². The van der Waals surface area contributed by atoms with E-state index in [4.69, 9.17) is 4.74 Å². The Labute approximate surface area is 43.2 Å². The Balaban J connectivity index is 2.14. The van der Waals surface area contributed by atoms with Crippen molar-refractivity contribution in [1.82, 2.24) is 0 Å². The van der Waals surface area contributed by atoms with E-state index >= 15 is 0 Å². The van der Waals surface area contributed by atoms with E-state index in [0.29, 0.717) is 5.92 Å². The maximum Gasteiger partial charge on any atom is 0.0566 e. The molecular formula is C5H9NO. The van der Waals surface area contributed by atoms with Crippen molar-refractivity contribution in [3.05, 3.63) is 0 Å². The Kier molecular flexibility index (Phi) is 1.42. The third kappa shape index (κ3) is 0.996. The van der Waals surface area contributed by atoms with Crippen molar-refractivity contribution >= 4 is 6.21 Å². The number of hydrogen-bond donors (Lipinski definition) is 0. The maximum absolute atomic E-state index is 4.90. The van der Waals surface area contributed by atoms with Gasteiger partial charge in [0.2, 0.25) is 0 Å². The van der Waals surface area contributed by atoms with Crippen LogP contribution in [0.15, 0.2) is 4.99 Å². The zero-order valence-electron chi connectivity index (χ0n) is 4.42. The van der Waals surface area contributed by atoms with Gasteiger partial charge >= 0.3 is 0 Å². The van der Waals surface area contributed by atoms with Crippen LogP contribution in [0.2, 0.25) is 0 Å². The van der Waals surface area contributed by atoms with Crippen LogP contribution in [0.25, 0.3) is 0 Å². The average Bonchev–Trinajstić information content (AvgIpc) is 1.55. The Morgan fingerprint density at radius 3 is 2.57 bits per heavy atom. The number of ether oxygens (including phenoxy) is 1. The quantitative estimate of drug-likeness (QED) is 0.434. The molecular weight excluding hydrogens is 90.1 g/mol. The predicted octanol–water partition coefficient (Wildman–Crippen LogP) is 0.333. The summed E-state index contributed by atoms with van der Waals surface area (Å²) in [6, 6.07) is 0. The van der Waals surface area contributed by atoms with Crippen molar-refractivity contribution in [3.63, 3.8) is 0 Å². The molecule has 0 atom stereocenters. The molecule has 2 nitrogen and oxygen atoms in total. The summed E-state index contributed by atoms with van der Waals surface area (Å²) in [7, 11) is 1.79. The molecule has 0 amide bonds. The summed E-state index contributed by atoms with van der Waals surface area (Å²) < 4.78 is 4.90. The highest BCUT2D eigenvalue weighted by Crippen LogP contribution is 2.05. The van der Waals surface area contributed by atoms with Gasteiger partial charge in [-0.1, -0.05) is 0 Å². The minimum Gasteiger partial charge on any atom is -0.380 e. The number of nitrogens with zero attached hydrogens (tertiary/aromatic N) is 1. The highest BCUT2D eigenvalue weighted by molar-refractivity contribution is 5.61. The highest BCUT2D eigenvalue weighted by atomic mass is 16.5. The monoisotopic (exact) mass is 99.1 g/mol. The van der Waals surface area contributed by atoms with Crippen molar-refractivity contribution in [2.45, 2.75) is 0 Å². The molecule has 1 aliphatic rings. The summed E-state index contributed by atoms with van der Waals surface area (Å²) in [4.78, 5) is 3.85. The second kappa shape index (κ2) is 2.07. The second-order valence-electron chi connectivity index (χ2n) is 1.70. The average molecular weight is 99.1 g/mol. The smallest absolute Gasteiger partial charge is 0.0566 e. The second-order valence-corrected chi connectivity index (χ2v) is 1.70. The van der Waals surface area contributed by atoms with Gasteiger partial charge in [0.1, 0.15) is 0 Å². The van der Waals surface area contributed by atoms with Gasteiger partial charge in [-0.15, -0.1) is 0 Å². The fourth-order valence-corrected chi connectivity index (χ4v) is 0.551. The summed E-state index contributed by atoms with van der Waals surface area (Å²) >= 11 is 0. The Hall–Kier alpha value is -0.370. The lowest BCUT2D eigenvalue weighted by atomic mass is 10.1. The van der Waals surface area contributed by atoms with Gasteiger partial charge in [-0.25, -0.2) is 0 Å². The van der Waals surface area contributed by atoms with Gasteiger partial charge in [0.15, 0.2) is 0 Å². The molecule has 0 aliphatic carbocycles. The molecule has 0 spiro atoms. The van der Waals surface area contributed by atoms with Crippen LogP contribution in [0.4, 0.5) is 0 Å². The molecule has 0 aromatic rings. The fourth-order valence-electron chi connectivity index (χ4n) is 0.551. The third-order valence-electron chi connectivity index (χ3n) is 1.02. The molecule has 0 saturated carbocycles. The summed E-state index contributed by atoms with van der Waals surface area (Å²) in [5.41, 5.74) is 0. The van der Waals surface area contributed by atoms with Gasteiger partial charge in [0.05, 0.1) is 13.2 Å². The van der Waals surface area contributed by atoms with E-state index in [-0.39, 0.29) is 0 Å². The van der Waals surface area contributed by atoms with Gasteiger partial charge in [0.25, 0.3) is 0 Å². The molecule has 0 aromatic carbocycles. The Morgan fingerprint density at radius 1 is 1.71 bits per heavy atom. The van der Waals surface area contributed by atoms with Crippen molar-refractivity contribution in [2.75, 3.05) is 20.3 Å². The highest BCUT2D eigenvalue weighted by Gasteiger charge is 2.14. The zero-order chi connectivity index (χ0) is 5.11. The van der Waals surface area contributed by atoms with Crippen LogP contribution in [0.1, 0.15) is 0 Å². The van der Waals surface area contributed by atoms with E-state index in [1.54, 1.807) is 7.05 Å². The van der Waals surface area contributed by atoms with Crippen molar-refractivity contribution in [1.29, 1.82) is 0 Å². The van der Waals surface area contributed by atoms with Crippen LogP contribution in [0, 0.1) is 5.92 Å². The molecule has 2 heteroatoms. The first-order valence-corrected chi connectivity index (χ1v) is 2.43. The van der Waals surface area contributed by atoms with Crippen LogP contribution in [0.3, 0.4) is 0 Å². The molecule has 1 rings (SSSR count). The van der Waals surface area contributed by atoms with Gasteiger partial charge in [-0.05, 0) is 0 Å². The molecule has 1 aliphatic heterocycles. The summed E-state index contributed by atoms with van der Waals surface area (Å²) in [5, 5.41) is 0. The maximum atomic E-state index is 4.90. The van der Waals surface area contributed by atoms with Crippen molar-refractivity contribution < 1.29 is 4.74 Å². The molecule has 0 unspecified atom stereocenters. The molecule has 0 radical (unpaired) electrons. The summed E-state index contributed by atoms with van der Waals surface area (Å²) in [6.07, 6.45) is 1.93. The van der Waals surface area contributed by atoms with Crippen LogP contribution in [-0.4, -0.2) is 26.5 Å². The van der Waals surface area contributed by atoms with E-state index in [1.165, 1.54) is 0 Å². The van der Waals surface area contributed by atoms with Gasteiger partial charge in [-0.2, -0.15) is 0 Å². The first-order valence-electron chi connectivity index (χ1n) is 2.43. The lowest BCUT2D eigenvalue weighted by Crippen LogP contribution is -2.28. The largest absolute Gasteiger partial charge is 0.380 e. The van der Waals surface area contributed by atoms with Crippen LogP contribution in [-0.2, 0) is 4.74 Å². The minimum absolute atomic E-state index is 0.616. The normalized spacial score (nSPS) is 23.0. The molecule has 1 fully saturated rings. The number of hydrogen-bond acceptors (Lipinski definition) is 2. The number of aliphatic imine (C=N–C) groups is 1. The SMILES string of the molecule is C/N=C/C1COC1. The Bertz CT molecular complexity index is 76.1. The molecule has 0 aromatic heterocycles. The van der Waals surface area contributed by atoms with Gasteiger partial charge < -0.3 is 9.73 Å². The first kappa shape index (κ1) is 4.78. The van der Waals surface area contributed by atoms with E-state index < -0.39 is 0 Å². The van der Waals surface area contributed by atoms with Crippen molar-refractivity contribution in [2.24, 2.45) is 10.9 Å².